The Morgan fingerprint density at radius 3 is 1.69 bits per heavy atom. The van der Waals surface area contributed by atoms with E-state index in [0.717, 1.165) is 6.16 Å². The molecular weight excluding hydrogens is 439 g/mol. The van der Waals surface area contributed by atoms with Crippen LogP contribution in [0.15, 0.2) is 126 Å². The van der Waals surface area contributed by atoms with Crippen LogP contribution in [-0.4, -0.2) is 6.16 Å². The van der Waals surface area contributed by atoms with Gasteiger partial charge in [-0.15, -0.1) is 0 Å². The van der Waals surface area contributed by atoms with Crippen molar-refractivity contribution in [1.29, 1.82) is 0 Å². The molecule has 0 spiro atoms. The van der Waals surface area contributed by atoms with Gasteiger partial charge in [-0.3, -0.25) is 0 Å². The minimum atomic E-state index is -1.82. The molecule has 0 atom stereocenters. The van der Waals surface area contributed by atoms with Crippen molar-refractivity contribution in [3.05, 3.63) is 133 Å². The number of hydrogen-bond donors (Lipinski definition) is 0. The fourth-order valence-electron chi connectivity index (χ4n) is 5.38. The zero-order valence-corrected chi connectivity index (χ0v) is 23.1. The predicted octanol–water partition coefficient (Wildman–Crippen LogP) is 8.46. The SMILES string of the molecule is CC1=C(/C=C/C(C)=C/C[P+](c2ccccc2)(c2ccccc2)c2ccccc2)C(C)(C)CCC1.[CH3-]. The maximum absolute atomic E-state index is 2.48. The molecule has 1 heteroatoms. The minimum Gasteiger partial charge on any atom is -0.358 e. The zero-order chi connectivity index (χ0) is 24.0. The molecule has 0 bridgehead atoms. The highest BCUT2D eigenvalue weighted by Crippen LogP contribution is 2.55. The molecule has 1 aliphatic rings. The molecule has 0 unspecified atom stereocenters. The van der Waals surface area contributed by atoms with Gasteiger partial charge in [-0.05, 0) is 86.6 Å². The summed E-state index contributed by atoms with van der Waals surface area (Å²) in [6.07, 6.45) is 12.1. The van der Waals surface area contributed by atoms with Gasteiger partial charge in [0.2, 0.25) is 0 Å². The summed E-state index contributed by atoms with van der Waals surface area (Å²) in [5, 5.41) is 4.31. The maximum atomic E-state index is 2.48. The summed E-state index contributed by atoms with van der Waals surface area (Å²) >= 11 is 0. The van der Waals surface area contributed by atoms with Gasteiger partial charge < -0.3 is 7.43 Å². The van der Waals surface area contributed by atoms with E-state index in [9.17, 15) is 0 Å². The Balaban J connectivity index is 0.00000342. The molecule has 0 heterocycles. The second kappa shape index (κ2) is 11.8. The van der Waals surface area contributed by atoms with E-state index in [4.69, 9.17) is 0 Å². The quantitative estimate of drug-likeness (QED) is 0.181. The Bertz CT molecular complexity index is 1070. The first-order valence-electron chi connectivity index (χ1n) is 12.5. The lowest BCUT2D eigenvalue weighted by molar-refractivity contribution is 0.377. The molecule has 0 N–H and O–H groups in total. The molecule has 0 aliphatic heterocycles. The minimum absolute atomic E-state index is 0. The van der Waals surface area contributed by atoms with Crippen LogP contribution in [0.1, 0.15) is 47.0 Å². The van der Waals surface area contributed by atoms with Gasteiger partial charge in [-0.2, -0.15) is 0 Å². The van der Waals surface area contributed by atoms with Gasteiger partial charge in [-0.25, -0.2) is 0 Å². The van der Waals surface area contributed by atoms with E-state index in [-0.39, 0.29) is 12.8 Å². The van der Waals surface area contributed by atoms with Crippen molar-refractivity contribution in [1.82, 2.24) is 0 Å². The molecule has 0 nitrogen and oxygen atoms in total. The van der Waals surface area contributed by atoms with Gasteiger partial charge in [0.15, 0.2) is 0 Å². The molecule has 35 heavy (non-hydrogen) atoms. The summed E-state index contributed by atoms with van der Waals surface area (Å²) in [4.78, 5) is 0. The number of benzene rings is 3. The zero-order valence-electron chi connectivity index (χ0n) is 22.2. The third kappa shape index (κ3) is 5.94. The summed E-state index contributed by atoms with van der Waals surface area (Å²) in [5.74, 6) is 0. The fourth-order valence-corrected chi connectivity index (χ4v) is 9.52. The topological polar surface area (TPSA) is 0 Å². The molecule has 0 saturated heterocycles. The average Bonchev–Trinajstić information content (AvgIpc) is 2.86. The predicted molar refractivity (Wildman–Crippen MR) is 160 cm³/mol. The van der Waals surface area contributed by atoms with Gasteiger partial charge in [0.25, 0.3) is 0 Å². The second-order valence-electron chi connectivity index (χ2n) is 10.2. The van der Waals surface area contributed by atoms with Crippen molar-refractivity contribution in [2.24, 2.45) is 5.41 Å². The van der Waals surface area contributed by atoms with Crippen molar-refractivity contribution < 1.29 is 0 Å². The van der Waals surface area contributed by atoms with Gasteiger partial charge in [0.1, 0.15) is 23.2 Å². The first-order valence-corrected chi connectivity index (χ1v) is 14.5. The van der Waals surface area contributed by atoms with Crippen molar-refractivity contribution in [2.75, 3.05) is 6.16 Å². The number of allylic oxidation sites excluding steroid dienone is 6. The Kier molecular flexibility index (Phi) is 9.09. The van der Waals surface area contributed by atoms with Gasteiger partial charge in [0.05, 0.1) is 6.16 Å². The molecule has 1 aliphatic carbocycles. The molecule has 3 aromatic carbocycles. The van der Waals surface area contributed by atoms with Crippen molar-refractivity contribution >= 4 is 23.2 Å². The fraction of sp³-hybridized carbons (Fsp3) is 0.265. The molecular formula is C34H41P. The highest BCUT2D eigenvalue weighted by Gasteiger charge is 2.44. The highest BCUT2D eigenvalue weighted by atomic mass is 31.2. The largest absolute Gasteiger partial charge is 0.358 e. The first-order chi connectivity index (χ1) is 16.4. The van der Waals surface area contributed by atoms with Crippen LogP contribution in [-0.2, 0) is 0 Å². The summed E-state index contributed by atoms with van der Waals surface area (Å²) < 4.78 is 0. The van der Waals surface area contributed by atoms with E-state index in [1.165, 1.54) is 46.3 Å². The van der Waals surface area contributed by atoms with Crippen LogP contribution < -0.4 is 15.9 Å². The third-order valence-electron chi connectivity index (χ3n) is 7.33. The second-order valence-corrected chi connectivity index (χ2v) is 13.7. The van der Waals surface area contributed by atoms with E-state index in [2.05, 4.69) is 137 Å². The monoisotopic (exact) mass is 480 g/mol. The van der Waals surface area contributed by atoms with Crippen LogP contribution in [0, 0.1) is 12.8 Å². The summed E-state index contributed by atoms with van der Waals surface area (Å²) in [6, 6.07) is 33.4. The molecule has 0 radical (unpaired) electrons. The third-order valence-corrected chi connectivity index (χ3v) is 11.6. The van der Waals surface area contributed by atoms with Crippen LogP contribution in [0.25, 0.3) is 0 Å². The number of rotatable bonds is 7. The Morgan fingerprint density at radius 2 is 1.26 bits per heavy atom. The molecule has 0 aromatic heterocycles. The molecule has 0 amide bonds. The van der Waals surface area contributed by atoms with Crippen LogP contribution >= 0.6 is 7.26 Å². The average molecular weight is 481 g/mol. The normalized spacial score (nSPS) is 16.3. The van der Waals surface area contributed by atoms with Crippen molar-refractivity contribution in [3.8, 4) is 0 Å². The van der Waals surface area contributed by atoms with E-state index in [0.29, 0.717) is 0 Å². The number of hydrogen-bond acceptors (Lipinski definition) is 0. The van der Waals surface area contributed by atoms with E-state index >= 15 is 0 Å². The van der Waals surface area contributed by atoms with E-state index in [1.54, 1.807) is 5.57 Å². The molecule has 182 valence electrons. The van der Waals surface area contributed by atoms with Gasteiger partial charge >= 0.3 is 0 Å². The Hall–Kier alpha value is -2.69. The van der Waals surface area contributed by atoms with Gasteiger partial charge in [-0.1, -0.05) is 91.7 Å². The van der Waals surface area contributed by atoms with Crippen molar-refractivity contribution in [2.45, 2.75) is 47.0 Å². The maximum Gasteiger partial charge on any atom is 0.115 e. The van der Waals surface area contributed by atoms with Crippen LogP contribution in [0.5, 0.6) is 0 Å². The summed E-state index contributed by atoms with van der Waals surface area (Å²) in [5.41, 5.74) is 4.70. The van der Waals surface area contributed by atoms with Gasteiger partial charge in [0, 0.05) is 0 Å². The Labute approximate surface area is 214 Å². The molecule has 3 aromatic rings. The van der Waals surface area contributed by atoms with Crippen LogP contribution in [0.3, 0.4) is 0 Å². The standard InChI is InChI=1S/C33H38P.CH3/c1-27(22-23-32-28(2)15-14-25-33(32,3)4)24-26-34(29-16-8-5-9-17-29,30-18-10-6-11-19-30)31-20-12-7-13-21-31;/h5-13,16-24H,14-15,25-26H2,1-4H3;1H3/q+1;-1/b23-22+,27-24+;. The first kappa shape index (κ1) is 26.9. The lowest BCUT2D eigenvalue weighted by Crippen LogP contribution is -2.33. The summed E-state index contributed by atoms with van der Waals surface area (Å²) in [6.45, 7) is 9.37. The lowest BCUT2D eigenvalue weighted by atomic mass is 9.72. The van der Waals surface area contributed by atoms with E-state index in [1.807, 2.05) is 0 Å². The summed E-state index contributed by atoms with van der Waals surface area (Å²) in [7, 11) is -1.82. The Morgan fingerprint density at radius 1 is 0.800 bits per heavy atom. The molecule has 0 saturated carbocycles. The molecule has 4 rings (SSSR count). The highest BCUT2D eigenvalue weighted by molar-refractivity contribution is 7.95. The molecule has 0 fully saturated rings. The smallest absolute Gasteiger partial charge is 0.115 e. The van der Waals surface area contributed by atoms with E-state index < -0.39 is 7.26 Å². The lowest BCUT2D eigenvalue weighted by Gasteiger charge is -2.33. The van der Waals surface area contributed by atoms with Crippen LogP contribution in [0.2, 0.25) is 0 Å². The van der Waals surface area contributed by atoms with Crippen molar-refractivity contribution in [3.63, 3.8) is 0 Å². The van der Waals surface area contributed by atoms with Crippen LogP contribution in [0.4, 0.5) is 0 Å².